The van der Waals surface area contributed by atoms with Crippen LogP contribution in [0.25, 0.3) is 0 Å². The van der Waals surface area contributed by atoms with E-state index in [1.54, 1.807) is 13.2 Å². The van der Waals surface area contributed by atoms with Crippen LogP contribution in [0.2, 0.25) is 5.02 Å². The Balaban J connectivity index is 2.13. The smallest absolute Gasteiger partial charge is 0.287 e. The van der Waals surface area contributed by atoms with Gasteiger partial charge in [-0.1, -0.05) is 35.4 Å². The fraction of sp³-hybridized carbons (Fsp3) is 0.375. The summed E-state index contributed by atoms with van der Waals surface area (Å²) >= 11 is 6.06. The second kappa shape index (κ2) is 6.31. The van der Waals surface area contributed by atoms with Crippen LogP contribution in [0.5, 0.6) is 0 Å². The molecule has 2 aromatic rings. The molecule has 1 unspecified atom stereocenters. The Morgan fingerprint density at radius 3 is 2.76 bits per heavy atom. The molecule has 0 aliphatic heterocycles. The van der Waals surface area contributed by atoms with Gasteiger partial charge in [-0.2, -0.15) is 5.10 Å². The number of aryl methyl sites for hydroxylation is 3. The van der Waals surface area contributed by atoms with E-state index in [0.29, 0.717) is 5.69 Å². The number of anilines is 1. The molecule has 1 atom stereocenters. The van der Waals surface area contributed by atoms with Crippen LogP contribution < -0.4 is 10.9 Å². The Kier molecular flexibility index (Phi) is 4.68. The number of rotatable bonds is 4. The molecule has 1 aromatic heterocycles. The summed E-state index contributed by atoms with van der Waals surface area (Å²) < 4.78 is 1.22. The predicted molar refractivity (Wildman–Crippen MR) is 87.2 cm³/mol. The van der Waals surface area contributed by atoms with Crippen molar-refractivity contribution in [1.29, 1.82) is 0 Å². The van der Waals surface area contributed by atoms with E-state index >= 15 is 0 Å². The Morgan fingerprint density at radius 2 is 2.10 bits per heavy atom. The van der Waals surface area contributed by atoms with Crippen LogP contribution >= 0.6 is 11.6 Å². The molecular weight excluding hydrogens is 286 g/mol. The number of nitrogens with one attached hydrogen (secondary N) is 1. The third-order valence-corrected chi connectivity index (χ3v) is 3.87. The van der Waals surface area contributed by atoms with Crippen LogP contribution in [0.15, 0.2) is 29.2 Å². The van der Waals surface area contributed by atoms with Crippen molar-refractivity contribution < 1.29 is 0 Å². The van der Waals surface area contributed by atoms with Crippen LogP contribution in [-0.4, -0.2) is 15.8 Å². The van der Waals surface area contributed by atoms with Gasteiger partial charge in [0, 0.05) is 13.1 Å². The van der Waals surface area contributed by atoms with Gasteiger partial charge in [0.1, 0.15) is 5.02 Å². The molecule has 1 aromatic carbocycles. The van der Waals surface area contributed by atoms with Gasteiger partial charge in [-0.25, -0.2) is 4.68 Å². The first-order valence-corrected chi connectivity index (χ1v) is 7.30. The SMILES string of the molecule is Cc1ccc(CC(C)Nc2cnn(C)c(=O)c2Cl)c(C)c1. The van der Waals surface area contributed by atoms with Crippen molar-refractivity contribution in [3.63, 3.8) is 0 Å². The summed E-state index contributed by atoms with van der Waals surface area (Å²) in [4.78, 5) is 11.7. The number of halogens is 1. The number of hydrogen-bond donors (Lipinski definition) is 1. The van der Waals surface area contributed by atoms with Gasteiger partial charge in [-0.15, -0.1) is 0 Å². The van der Waals surface area contributed by atoms with E-state index in [4.69, 9.17) is 11.6 Å². The zero-order valence-corrected chi connectivity index (χ0v) is 13.5. The standard InChI is InChI=1S/C16H20ClN3O/c1-10-5-6-13(11(2)7-10)8-12(3)19-14-9-18-20(4)16(21)15(14)17/h5-7,9,12,19H,8H2,1-4H3. The highest BCUT2D eigenvalue weighted by Gasteiger charge is 2.11. The maximum atomic E-state index is 11.7. The summed E-state index contributed by atoms with van der Waals surface area (Å²) in [6.07, 6.45) is 2.44. The molecule has 0 aliphatic carbocycles. The lowest BCUT2D eigenvalue weighted by Crippen LogP contribution is -2.24. The van der Waals surface area contributed by atoms with Gasteiger partial charge in [-0.3, -0.25) is 4.79 Å². The molecular formula is C16H20ClN3O. The Bertz CT molecular complexity index is 709. The second-order valence-electron chi connectivity index (χ2n) is 5.48. The third-order valence-electron chi connectivity index (χ3n) is 3.50. The molecule has 0 fully saturated rings. The van der Waals surface area contributed by atoms with Gasteiger partial charge in [0.2, 0.25) is 0 Å². The van der Waals surface area contributed by atoms with Crippen molar-refractivity contribution in [2.45, 2.75) is 33.2 Å². The maximum Gasteiger partial charge on any atom is 0.287 e. The minimum absolute atomic E-state index is 0.151. The molecule has 0 radical (unpaired) electrons. The van der Waals surface area contributed by atoms with Crippen LogP contribution in [-0.2, 0) is 13.5 Å². The molecule has 1 N–H and O–H groups in total. The molecule has 2 rings (SSSR count). The molecule has 4 nitrogen and oxygen atoms in total. The zero-order valence-electron chi connectivity index (χ0n) is 12.8. The summed E-state index contributed by atoms with van der Waals surface area (Å²) in [6, 6.07) is 6.58. The molecule has 1 heterocycles. The van der Waals surface area contributed by atoms with Crippen molar-refractivity contribution in [3.05, 3.63) is 56.5 Å². The molecule has 0 amide bonds. The molecule has 21 heavy (non-hydrogen) atoms. The third kappa shape index (κ3) is 3.64. The number of benzene rings is 1. The van der Waals surface area contributed by atoms with E-state index < -0.39 is 0 Å². The first kappa shape index (κ1) is 15.6. The van der Waals surface area contributed by atoms with E-state index in [-0.39, 0.29) is 16.6 Å². The minimum atomic E-state index is -0.291. The zero-order chi connectivity index (χ0) is 15.6. The van der Waals surface area contributed by atoms with Crippen molar-refractivity contribution in [1.82, 2.24) is 9.78 Å². The molecule has 0 saturated heterocycles. The van der Waals surface area contributed by atoms with Crippen LogP contribution in [0.1, 0.15) is 23.6 Å². The van der Waals surface area contributed by atoms with Crippen molar-refractivity contribution in [2.75, 3.05) is 5.32 Å². The van der Waals surface area contributed by atoms with Gasteiger partial charge in [0.25, 0.3) is 5.56 Å². The number of aromatic nitrogens is 2. The average Bonchev–Trinajstić information content (AvgIpc) is 2.43. The summed E-state index contributed by atoms with van der Waals surface area (Å²) in [5.74, 6) is 0. The number of hydrogen-bond acceptors (Lipinski definition) is 3. The highest BCUT2D eigenvalue weighted by Crippen LogP contribution is 2.18. The van der Waals surface area contributed by atoms with Gasteiger partial charge in [0.15, 0.2) is 0 Å². The highest BCUT2D eigenvalue weighted by atomic mass is 35.5. The lowest BCUT2D eigenvalue weighted by atomic mass is 10.00. The lowest BCUT2D eigenvalue weighted by Gasteiger charge is -2.17. The molecule has 0 bridgehead atoms. The van der Waals surface area contributed by atoms with E-state index in [2.05, 4.69) is 49.4 Å². The normalized spacial score (nSPS) is 12.2. The van der Waals surface area contributed by atoms with Crippen LogP contribution in [0, 0.1) is 13.8 Å². The monoisotopic (exact) mass is 305 g/mol. The maximum absolute atomic E-state index is 11.7. The quantitative estimate of drug-likeness (QED) is 0.944. The summed E-state index contributed by atoms with van der Waals surface area (Å²) in [5, 5.41) is 7.43. The summed E-state index contributed by atoms with van der Waals surface area (Å²) in [5.41, 5.74) is 4.11. The Hall–Kier alpha value is -1.81. The van der Waals surface area contributed by atoms with E-state index in [1.165, 1.54) is 21.4 Å². The largest absolute Gasteiger partial charge is 0.380 e. The average molecular weight is 306 g/mol. The fourth-order valence-corrected chi connectivity index (χ4v) is 2.56. The highest BCUT2D eigenvalue weighted by molar-refractivity contribution is 6.32. The first-order valence-electron chi connectivity index (χ1n) is 6.93. The van der Waals surface area contributed by atoms with Crippen molar-refractivity contribution in [3.8, 4) is 0 Å². The summed E-state index contributed by atoms with van der Waals surface area (Å²) in [6.45, 7) is 6.26. The van der Waals surface area contributed by atoms with E-state index in [9.17, 15) is 4.79 Å². The predicted octanol–water partition coefficient (Wildman–Crippen LogP) is 3.09. The van der Waals surface area contributed by atoms with Crippen molar-refractivity contribution in [2.24, 2.45) is 7.05 Å². The Morgan fingerprint density at radius 1 is 1.38 bits per heavy atom. The topological polar surface area (TPSA) is 46.9 Å². The van der Waals surface area contributed by atoms with Crippen LogP contribution in [0.3, 0.4) is 0 Å². The lowest BCUT2D eigenvalue weighted by molar-refractivity contribution is 0.704. The first-order chi connectivity index (χ1) is 9.88. The van der Waals surface area contributed by atoms with Gasteiger partial charge >= 0.3 is 0 Å². The van der Waals surface area contributed by atoms with Gasteiger partial charge in [-0.05, 0) is 38.3 Å². The molecule has 0 aliphatic rings. The van der Waals surface area contributed by atoms with Gasteiger partial charge < -0.3 is 5.32 Å². The van der Waals surface area contributed by atoms with Crippen molar-refractivity contribution >= 4 is 17.3 Å². The van der Waals surface area contributed by atoms with E-state index in [1.807, 2.05) is 0 Å². The number of nitrogens with zero attached hydrogens (tertiary/aromatic N) is 2. The molecule has 5 heteroatoms. The molecule has 0 saturated carbocycles. The summed E-state index contributed by atoms with van der Waals surface area (Å²) in [7, 11) is 1.58. The second-order valence-corrected chi connectivity index (χ2v) is 5.86. The molecule has 0 spiro atoms. The Labute approximate surface area is 129 Å². The van der Waals surface area contributed by atoms with Crippen LogP contribution in [0.4, 0.5) is 5.69 Å². The molecule has 112 valence electrons. The fourth-order valence-electron chi connectivity index (χ4n) is 2.33. The van der Waals surface area contributed by atoms with E-state index in [0.717, 1.165) is 6.42 Å². The minimum Gasteiger partial charge on any atom is -0.380 e. The van der Waals surface area contributed by atoms with Gasteiger partial charge in [0.05, 0.1) is 11.9 Å².